The summed E-state index contributed by atoms with van der Waals surface area (Å²) in [6.45, 7) is 6.18. The highest BCUT2D eigenvalue weighted by Crippen LogP contribution is 2.26. The molecule has 1 unspecified atom stereocenters. The third-order valence-corrected chi connectivity index (χ3v) is 4.81. The molecule has 3 nitrogen and oxygen atoms in total. The molecule has 0 aliphatic rings. The number of nitrogens with one attached hydrogen (secondary N) is 1. The van der Waals surface area contributed by atoms with Crippen molar-refractivity contribution in [2.45, 2.75) is 46.1 Å². The molecule has 1 heterocycles. The number of hydrogen-bond donors (Lipinski definition) is 1. The molecule has 0 spiro atoms. The second kappa shape index (κ2) is 7.56. The van der Waals surface area contributed by atoms with Crippen molar-refractivity contribution >= 4 is 16.9 Å². The maximum absolute atomic E-state index is 12.4. The van der Waals surface area contributed by atoms with E-state index in [0.717, 1.165) is 34.9 Å². The molecule has 1 N–H and O–H groups in total. The van der Waals surface area contributed by atoms with Gasteiger partial charge in [0.25, 0.3) is 0 Å². The van der Waals surface area contributed by atoms with Crippen LogP contribution in [-0.4, -0.2) is 11.9 Å². The molecular formula is C22H25NO2. The van der Waals surface area contributed by atoms with Crippen LogP contribution < -0.4 is 5.32 Å². The van der Waals surface area contributed by atoms with Crippen molar-refractivity contribution in [3.63, 3.8) is 0 Å². The van der Waals surface area contributed by atoms with Crippen LogP contribution in [0.2, 0.25) is 0 Å². The molecule has 0 radical (unpaired) electrons. The molecule has 0 aliphatic heterocycles. The zero-order valence-corrected chi connectivity index (χ0v) is 15.1. The molecule has 2 aromatic carbocycles. The van der Waals surface area contributed by atoms with Gasteiger partial charge < -0.3 is 9.73 Å². The first kappa shape index (κ1) is 17.3. The van der Waals surface area contributed by atoms with E-state index in [0.29, 0.717) is 6.42 Å². The quantitative estimate of drug-likeness (QED) is 0.707. The van der Waals surface area contributed by atoms with E-state index < -0.39 is 0 Å². The van der Waals surface area contributed by atoms with Crippen LogP contribution in [-0.2, 0) is 17.6 Å². The molecule has 3 heteroatoms. The van der Waals surface area contributed by atoms with Gasteiger partial charge in [0.15, 0.2) is 0 Å². The topological polar surface area (TPSA) is 42.2 Å². The fourth-order valence-corrected chi connectivity index (χ4v) is 3.12. The summed E-state index contributed by atoms with van der Waals surface area (Å²) >= 11 is 0. The zero-order chi connectivity index (χ0) is 17.8. The van der Waals surface area contributed by atoms with Gasteiger partial charge in [0.1, 0.15) is 5.58 Å². The van der Waals surface area contributed by atoms with Gasteiger partial charge in [0.05, 0.1) is 12.7 Å². The summed E-state index contributed by atoms with van der Waals surface area (Å²) in [6.07, 6.45) is 3.96. The van der Waals surface area contributed by atoms with E-state index in [1.807, 2.05) is 24.3 Å². The van der Waals surface area contributed by atoms with E-state index in [1.165, 1.54) is 11.1 Å². The van der Waals surface area contributed by atoms with Crippen LogP contribution in [0.4, 0.5) is 0 Å². The number of hydrogen-bond acceptors (Lipinski definition) is 2. The van der Waals surface area contributed by atoms with Crippen molar-refractivity contribution in [2.75, 3.05) is 0 Å². The summed E-state index contributed by atoms with van der Waals surface area (Å²) in [7, 11) is 0. The lowest BCUT2D eigenvalue weighted by atomic mass is 10.0. The zero-order valence-electron chi connectivity index (χ0n) is 15.1. The van der Waals surface area contributed by atoms with Gasteiger partial charge in [-0.25, -0.2) is 0 Å². The molecule has 130 valence electrons. The summed E-state index contributed by atoms with van der Waals surface area (Å²) < 4.78 is 5.69. The van der Waals surface area contributed by atoms with Gasteiger partial charge in [-0.1, -0.05) is 42.5 Å². The second-order valence-electron chi connectivity index (χ2n) is 6.81. The number of carbonyl (C=O) groups is 1. The van der Waals surface area contributed by atoms with Crippen LogP contribution in [0.15, 0.2) is 53.1 Å². The number of amides is 1. The van der Waals surface area contributed by atoms with Crippen molar-refractivity contribution in [2.24, 2.45) is 0 Å². The average Bonchev–Trinajstić information content (AvgIpc) is 3.00. The summed E-state index contributed by atoms with van der Waals surface area (Å²) in [5.41, 5.74) is 5.48. The monoisotopic (exact) mass is 335 g/mol. The van der Waals surface area contributed by atoms with Crippen LogP contribution in [0.5, 0.6) is 0 Å². The van der Waals surface area contributed by atoms with Crippen molar-refractivity contribution in [1.82, 2.24) is 5.32 Å². The normalized spacial score (nSPS) is 12.3. The van der Waals surface area contributed by atoms with E-state index in [9.17, 15) is 4.79 Å². The second-order valence-corrected chi connectivity index (χ2v) is 6.81. The van der Waals surface area contributed by atoms with Crippen LogP contribution in [0.25, 0.3) is 11.0 Å². The maximum atomic E-state index is 12.4. The van der Waals surface area contributed by atoms with Crippen LogP contribution >= 0.6 is 0 Å². The highest BCUT2D eigenvalue weighted by Gasteiger charge is 2.14. The van der Waals surface area contributed by atoms with E-state index in [1.54, 1.807) is 6.26 Å². The number of rotatable bonds is 6. The van der Waals surface area contributed by atoms with Gasteiger partial charge in [-0.3, -0.25) is 4.79 Å². The summed E-state index contributed by atoms with van der Waals surface area (Å²) in [5.74, 6) is 0.0430. The maximum Gasteiger partial charge on any atom is 0.224 e. The Morgan fingerprint density at radius 3 is 2.64 bits per heavy atom. The Morgan fingerprint density at radius 1 is 1.12 bits per heavy atom. The van der Waals surface area contributed by atoms with E-state index in [4.69, 9.17) is 4.42 Å². The lowest BCUT2D eigenvalue weighted by Crippen LogP contribution is -2.34. The average molecular weight is 335 g/mol. The SMILES string of the molecule is Cc1ccc2c(CC(=O)NC(C)CCc3ccccc3)coc2c1C. The number of carbonyl (C=O) groups excluding carboxylic acids is 1. The molecule has 1 atom stereocenters. The Morgan fingerprint density at radius 2 is 1.88 bits per heavy atom. The van der Waals surface area contributed by atoms with Gasteiger partial charge >= 0.3 is 0 Å². The molecule has 3 rings (SSSR count). The minimum atomic E-state index is 0.0430. The summed E-state index contributed by atoms with van der Waals surface area (Å²) in [5, 5.41) is 4.14. The highest BCUT2D eigenvalue weighted by molar-refractivity contribution is 5.89. The third-order valence-electron chi connectivity index (χ3n) is 4.81. The van der Waals surface area contributed by atoms with Gasteiger partial charge in [0, 0.05) is 17.0 Å². The molecule has 0 aliphatic carbocycles. The van der Waals surface area contributed by atoms with Crippen LogP contribution in [0, 0.1) is 13.8 Å². The van der Waals surface area contributed by atoms with Crippen molar-refractivity contribution in [3.8, 4) is 0 Å². The molecular weight excluding hydrogens is 310 g/mol. The van der Waals surface area contributed by atoms with Gasteiger partial charge in [-0.2, -0.15) is 0 Å². The standard InChI is InChI=1S/C22H25NO2/c1-15-9-12-20-19(14-25-22(20)17(15)3)13-21(24)23-16(2)10-11-18-7-5-4-6-8-18/h4-9,12,14,16H,10-11,13H2,1-3H3,(H,23,24). The minimum absolute atomic E-state index is 0.0430. The first-order chi connectivity index (χ1) is 12.0. The van der Waals surface area contributed by atoms with Crippen molar-refractivity contribution in [3.05, 3.63) is 71.0 Å². The Kier molecular flexibility index (Phi) is 5.22. The van der Waals surface area contributed by atoms with Crippen molar-refractivity contribution < 1.29 is 9.21 Å². The molecule has 0 bridgehead atoms. The molecule has 3 aromatic rings. The van der Waals surface area contributed by atoms with Crippen LogP contribution in [0.1, 0.15) is 35.6 Å². The van der Waals surface area contributed by atoms with E-state index in [-0.39, 0.29) is 11.9 Å². The molecule has 0 saturated heterocycles. The number of fused-ring (bicyclic) bond motifs is 1. The molecule has 0 fully saturated rings. The fourth-order valence-electron chi connectivity index (χ4n) is 3.12. The van der Waals surface area contributed by atoms with Crippen molar-refractivity contribution in [1.29, 1.82) is 0 Å². The van der Waals surface area contributed by atoms with Gasteiger partial charge in [-0.05, 0) is 50.3 Å². The number of furan rings is 1. The summed E-state index contributed by atoms with van der Waals surface area (Å²) in [6, 6.07) is 14.6. The number of benzene rings is 2. The Balaban J connectivity index is 1.58. The first-order valence-electron chi connectivity index (χ1n) is 8.84. The molecule has 1 aromatic heterocycles. The third kappa shape index (κ3) is 4.11. The lowest BCUT2D eigenvalue weighted by Gasteiger charge is -2.13. The largest absolute Gasteiger partial charge is 0.464 e. The van der Waals surface area contributed by atoms with E-state index in [2.05, 4.69) is 44.3 Å². The van der Waals surface area contributed by atoms with Gasteiger partial charge in [0.2, 0.25) is 5.91 Å². The smallest absolute Gasteiger partial charge is 0.224 e. The predicted octanol–water partition coefficient (Wildman–Crippen LogP) is 4.73. The first-order valence-corrected chi connectivity index (χ1v) is 8.84. The highest BCUT2D eigenvalue weighted by atomic mass is 16.3. The Bertz CT molecular complexity index is 864. The van der Waals surface area contributed by atoms with E-state index >= 15 is 0 Å². The van der Waals surface area contributed by atoms with Gasteiger partial charge in [-0.15, -0.1) is 0 Å². The molecule has 0 saturated carbocycles. The molecule has 1 amide bonds. The fraction of sp³-hybridized carbons (Fsp3) is 0.318. The summed E-state index contributed by atoms with van der Waals surface area (Å²) in [4.78, 5) is 12.4. The predicted molar refractivity (Wildman–Crippen MR) is 102 cm³/mol. The Labute approximate surface area is 149 Å². The Hall–Kier alpha value is -2.55. The molecule has 25 heavy (non-hydrogen) atoms. The lowest BCUT2D eigenvalue weighted by molar-refractivity contribution is -0.121. The number of aryl methyl sites for hydroxylation is 3. The van der Waals surface area contributed by atoms with Crippen LogP contribution in [0.3, 0.4) is 0 Å². The minimum Gasteiger partial charge on any atom is -0.464 e.